The van der Waals surface area contributed by atoms with Gasteiger partial charge in [-0.25, -0.2) is 13.1 Å². The van der Waals surface area contributed by atoms with E-state index in [-0.39, 0.29) is 17.5 Å². The van der Waals surface area contributed by atoms with Gasteiger partial charge in [0.2, 0.25) is 10.0 Å². The number of fused-ring (bicyclic) bond motifs is 1. The Kier molecular flexibility index (Phi) is 4.92. The molecule has 1 aromatic carbocycles. The molecule has 140 valence electrons. The van der Waals surface area contributed by atoms with Crippen LogP contribution < -0.4 is 4.72 Å². The second-order valence-electron chi connectivity index (χ2n) is 6.70. The van der Waals surface area contributed by atoms with Gasteiger partial charge in [0.25, 0.3) is 0 Å². The molecule has 0 amide bonds. The molecule has 3 aromatic rings. The van der Waals surface area contributed by atoms with Crippen molar-refractivity contribution in [3.8, 4) is 0 Å². The summed E-state index contributed by atoms with van der Waals surface area (Å²) in [5, 5.41) is 4.86. The molecule has 0 saturated carbocycles. The van der Waals surface area contributed by atoms with Crippen molar-refractivity contribution >= 4 is 20.9 Å². The molecule has 0 spiro atoms. The average molecular weight is 376 g/mol. The minimum atomic E-state index is -3.70. The lowest BCUT2D eigenvalue weighted by atomic mass is 10.1. The maximum Gasteiger partial charge on any atom is 0.246 e. The Hall–Kier alpha value is -2.16. The monoisotopic (exact) mass is 376 g/mol. The first-order valence-electron chi connectivity index (χ1n) is 8.35. The standard InChI is InChI=1S/C18H24N4O3S/c1-12-18(13(2)25-20-12)26(23,24)19-10-17(21(3)4)15-11-22(5)16-9-7-6-8-14(15)16/h6-9,11,17,19H,10H2,1-5H3/t17-/m0/s1. The van der Waals surface area contributed by atoms with Crippen LogP contribution >= 0.6 is 0 Å². The zero-order valence-electron chi connectivity index (χ0n) is 15.6. The summed E-state index contributed by atoms with van der Waals surface area (Å²) in [5.74, 6) is 0.293. The van der Waals surface area contributed by atoms with E-state index in [1.54, 1.807) is 13.8 Å². The van der Waals surface area contributed by atoms with Crippen LogP contribution in [0.25, 0.3) is 10.9 Å². The third kappa shape index (κ3) is 3.27. The average Bonchev–Trinajstić information content (AvgIpc) is 3.08. The van der Waals surface area contributed by atoms with Crippen LogP contribution in [-0.4, -0.2) is 43.7 Å². The predicted molar refractivity (Wildman–Crippen MR) is 101 cm³/mol. The third-order valence-electron chi connectivity index (χ3n) is 4.61. The maximum atomic E-state index is 12.7. The number of likely N-dealkylation sites (N-methyl/N-ethyl adjacent to an activating group) is 1. The molecule has 2 aromatic heterocycles. The lowest BCUT2D eigenvalue weighted by molar-refractivity contribution is 0.301. The van der Waals surface area contributed by atoms with Gasteiger partial charge in [0.1, 0.15) is 10.6 Å². The van der Waals surface area contributed by atoms with Gasteiger partial charge in [0.05, 0.1) is 0 Å². The molecule has 0 saturated heterocycles. The van der Waals surface area contributed by atoms with E-state index in [2.05, 4.69) is 32.8 Å². The molecule has 1 atom stereocenters. The van der Waals surface area contributed by atoms with Gasteiger partial charge in [-0.15, -0.1) is 0 Å². The van der Waals surface area contributed by atoms with E-state index >= 15 is 0 Å². The summed E-state index contributed by atoms with van der Waals surface area (Å²) in [7, 11) is 2.17. The minimum absolute atomic E-state index is 0.114. The van der Waals surface area contributed by atoms with Gasteiger partial charge in [-0.1, -0.05) is 23.4 Å². The van der Waals surface area contributed by atoms with Crippen molar-refractivity contribution in [2.45, 2.75) is 24.8 Å². The fourth-order valence-electron chi connectivity index (χ4n) is 3.33. The van der Waals surface area contributed by atoms with Gasteiger partial charge in [-0.3, -0.25) is 0 Å². The van der Waals surface area contributed by atoms with Gasteiger partial charge in [0, 0.05) is 36.7 Å². The summed E-state index contributed by atoms with van der Waals surface area (Å²) < 4.78 is 35.2. The van der Waals surface area contributed by atoms with Crippen LogP contribution in [0.15, 0.2) is 39.9 Å². The molecule has 0 aliphatic rings. The Morgan fingerprint density at radius 3 is 2.58 bits per heavy atom. The van der Waals surface area contributed by atoms with Gasteiger partial charge in [0.15, 0.2) is 5.76 Å². The van der Waals surface area contributed by atoms with Crippen molar-refractivity contribution in [2.75, 3.05) is 20.6 Å². The number of aryl methyl sites for hydroxylation is 3. The van der Waals surface area contributed by atoms with Crippen LogP contribution in [0.1, 0.15) is 23.1 Å². The molecule has 2 heterocycles. The zero-order valence-corrected chi connectivity index (χ0v) is 16.5. The highest BCUT2D eigenvalue weighted by Crippen LogP contribution is 2.29. The van der Waals surface area contributed by atoms with E-state index in [9.17, 15) is 8.42 Å². The highest BCUT2D eigenvalue weighted by molar-refractivity contribution is 7.89. The largest absolute Gasteiger partial charge is 0.360 e. The molecule has 1 N–H and O–H groups in total. The highest BCUT2D eigenvalue weighted by Gasteiger charge is 2.27. The number of benzene rings is 1. The van der Waals surface area contributed by atoms with Crippen LogP contribution in [0.2, 0.25) is 0 Å². The summed E-state index contributed by atoms with van der Waals surface area (Å²) in [5.41, 5.74) is 2.55. The SMILES string of the molecule is Cc1noc(C)c1S(=O)(=O)NC[C@@H](c1cn(C)c2ccccc12)N(C)C. The van der Waals surface area contributed by atoms with Crippen LogP contribution in [0, 0.1) is 13.8 Å². The van der Waals surface area contributed by atoms with Gasteiger partial charge in [-0.05, 0) is 39.6 Å². The molecule has 0 aliphatic heterocycles. The first-order chi connectivity index (χ1) is 12.2. The van der Waals surface area contributed by atoms with Crippen LogP contribution in [-0.2, 0) is 17.1 Å². The molecule has 0 radical (unpaired) electrons. The Morgan fingerprint density at radius 1 is 1.27 bits per heavy atom. The number of hydrogen-bond acceptors (Lipinski definition) is 5. The van der Waals surface area contributed by atoms with Crippen LogP contribution in [0.5, 0.6) is 0 Å². The third-order valence-corrected chi connectivity index (χ3v) is 6.28. The van der Waals surface area contributed by atoms with E-state index in [0.717, 1.165) is 16.5 Å². The number of sulfonamides is 1. The summed E-state index contributed by atoms with van der Waals surface area (Å²) in [6, 6.07) is 7.99. The summed E-state index contributed by atoms with van der Waals surface area (Å²) in [4.78, 5) is 2.13. The Balaban J connectivity index is 1.93. The smallest absolute Gasteiger partial charge is 0.246 e. The van der Waals surface area contributed by atoms with Crippen molar-refractivity contribution in [3.05, 3.63) is 47.5 Å². The van der Waals surface area contributed by atoms with Crippen LogP contribution in [0.4, 0.5) is 0 Å². The number of aromatic nitrogens is 2. The second-order valence-corrected chi connectivity index (χ2v) is 8.40. The van der Waals surface area contributed by atoms with Crippen molar-refractivity contribution in [1.29, 1.82) is 0 Å². The van der Waals surface area contributed by atoms with Crippen molar-refractivity contribution in [3.63, 3.8) is 0 Å². The van der Waals surface area contributed by atoms with Crippen molar-refractivity contribution < 1.29 is 12.9 Å². The molecular formula is C18H24N4O3S. The Bertz CT molecular complexity index is 1010. The first-order valence-corrected chi connectivity index (χ1v) is 9.83. The van der Waals surface area contributed by atoms with E-state index < -0.39 is 10.0 Å². The zero-order chi connectivity index (χ0) is 19.1. The maximum absolute atomic E-state index is 12.7. The topological polar surface area (TPSA) is 80.4 Å². The molecule has 26 heavy (non-hydrogen) atoms. The fourth-order valence-corrected chi connectivity index (χ4v) is 4.69. The lowest BCUT2D eigenvalue weighted by Crippen LogP contribution is -2.34. The van der Waals surface area contributed by atoms with E-state index in [4.69, 9.17) is 4.52 Å². The number of para-hydroxylation sites is 1. The minimum Gasteiger partial charge on any atom is -0.360 e. The van der Waals surface area contributed by atoms with Gasteiger partial charge in [-0.2, -0.15) is 0 Å². The molecule has 8 heteroatoms. The van der Waals surface area contributed by atoms with Crippen molar-refractivity contribution in [2.24, 2.45) is 7.05 Å². The predicted octanol–water partition coefficient (Wildman–Crippen LogP) is 2.36. The molecule has 0 aliphatic carbocycles. The van der Waals surface area contributed by atoms with E-state index in [0.29, 0.717) is 11.5 Å². The lowest BCUT2D eigenvalue weighted by Gasteiger charge is -2.24. The number of nitrogens with zero attached hydrogens (tertiary/aromatic N) is 3. The molecule has 7 nitrogen and oxygen atoms in total. The normalized spacial score (nSPS) is 13.6. The van der Waals surface area contributed by atoms with E-state index in [1.807, 2.05) is 38.2 Å². The quantitative estimate of drug-likeness (QED) is 0.714. The Labute approximate surface area is 153 Å². The molecular weight excluding hydrogens is 352 g/mol. The second kappa shape index (κ2) is 6.86. The molecule has 3 rings (SSSR count). The number of rotatable bonds is 6. The summed E-state index contributed by atoms with van der Waals surface area (Å²) >= 11 is 0. The van der Waals surface area contributed by atoms with Gasteiger partial charge < -0.3 is 14.0 Å². The molecule has 0 bridgehead atoms. The molecule has 0 fully saturated rings. The first kappa shape index (κ1) is 18.6. The van der Waals surface area contributed by atoms with Crippen molar-refractivity contribution in [1.82, 2.24) is 19.3 Å². The van der Waals surface area contributed by atoms with E-state index in [1.165, 1.54) is 0 Å². The number of hydrogen-bond donors (Lipinski definition) is 1. The van der Waals surface area contributed by atoms with Gasteiger partial charge >= 0.3 is 0 Å². The number of nitrogens with one attached hydrogen (secondary N) is 1. The summed E-state index contributed by atoms with van der Waals surface area (Å²) in [6.07, 6.45) is 2.06. The summed E-state index contributed by atoms with van der Waals surface area (Å²) in [6.45, 7) is 3.47. The van der Waals surface area contributed by atoms with Crippen LogP contribution in [0.3, 0.4) is 0 Å². The highest BCUT2D eigenvalue weighted by atomic mass is 32.2. The fraction of sp³-hybridized carbons (Fsp3) is 0.389. The molecule has 0 unspecified atom stereocenters. The Morgan fingerprint density at radius 2 is 1.96 bits per heavy atom.